The van der Waals surface area contributed by atoms with Crippen LogP contribution in [0.15, 0.2) is 31.8 Å². The number of hydrogen-bond donors (Lipinski definition) is 3. The summed E-state index contributed by atoms with van der Waals surface area (Å²) in [7, 11) is 1.29. The molecule has 0 bridgehead atoms. The third kappa shape index (κ3) is 5.90. The highest BCUT2D eigenvalue weighted by Gasteiger charge is 2.21. The van der Waals surface area contributed by atoms with Gasteiger partial charge in [0.25, 0.3) is 5.56 Å². The fraction of sp³-hybridized carbons (Fsp3) is 0.267. The molecule has 0 aliphatic carbocycles. The fourth-order valence-corrected chi connectivity index (χ4v) is 2.69. The van der Waals surface area contributed by atoms with Crippen molar-refractivity contribution >= 4 is 29.6 Å². The van der Waals surface area contributed by atoms with Gasteiger partial charge in [0.05, 0.1) is 30.6 Å². The Hall–Kier alpha value is -3.68. The van der Waals surface area contributed by atoms with Crippen molar-refractivity contribution in [2.75, 3.05) is 19.5 Å². The minimum atomic E-state index is -0.756. The van der Waals surface area contributed by atoms with Crippen LogP contribution in [0.25, 0.3) is 0 Å². The molecule has 1 aromatic heterocycles. The maximum absolute atomic E-state index is 11.8. The molecular weight excluding hydrogens is 408 g/mol. The largest absolute Gasteiger partial charge is 0.490 e. The van der Waals surface area contributed by atoms with Crippen LogP contribution in [0, 0.1) is 10.1 Å². The van der Waals surface area contributed by atoms with Crippen molar-refractivity contribution in [1.82, 2.24) is 20.6 Å². The molecule has 0 radical (unpaired) electrons. The second-order valence-electron chi connectivity index (χ2n) is 5.16. The van der Waals surface area contributed by atoms with Crippen molar-refractivity contribution in [3.63, 3.8) is 0 Å². The van der Waals surface area contributed by atoms with E-state index in [-0.39, 0.29) is 34.6 Å². The number of aromatic amines is 2. The Morgan fingerprint density at radius 3 is 2.83 bits per heavy atom. The topological polar surface area (TPSA) is 182 Å². The van der Waals surface area contributed by atoms with E-state index < -0.39 is 22.1 Å². The molecule has 154 valence electrons. The normalized spacial score (nSPS) is 10.7. The number of rotatable bonds is 9. The van der Waals surface area contributed by atoms with Gasteiger partial charge in [-0.1, -0.05) is 11.8 Å². The number of nitro groups is 1. The lowest BCUT2D eigenvalue weighted by atomic mass is 10.2. The summed E-state index contributed by atoms with van der Waals surface area (Å²) < 4.78 is 10.4. The third-order valence-corrected chi connectivity index (χ3v) is 4.14. The molecule has 0 saturated heterocycles. The highest BCUT2D eigenvalue weighted by atomic mass is 32.2. The number of ether oxygens (including phenoxy) is 2. The number of nitrogens with one attached hydrogen (secondary N) is 3. The summed E-state index contributed by atoms with van der Waals surface area (Å²) in [6.07, 6.45) is 1.20. The molecule has 2 aromatic rings. The lowest BCUT2D eigenvalue weighted by molar-refractivity contribution is -0.385. The van der Waals surface area contributed by atoms with Gasteiger partial charge in [0.2, 0.25) is 11.7 Å². The number of H-pyrrole nitrogens is 2. The van der Waals surface area contributed by atoms with Crippen LogP contribution in [0.4, 0.5) is 5.69 Å². The van der Waals surface area contributed by atoms with Gasteiger partial charge in [-0.25, -0.2) is 15.3 Å². The zero-order valence-corrected chi connectivity index (χ0v) is 16.1. The minimum absolute atomic E-state index is 0.0203. The highest BCUT2D eigenvalue weighted by Crippen LogP contribution is 2.37. The number of benzene rings is 1. The second kappa shape index (κ2) is 10.0. The average molecular weight is 424 g/mol. The molecule has 14 heteroatoms. The summed E-state index contributed by atoms with van der Waals surface area (Å²) in [4.78, 5) is 46.8. The molecule has 0 atom stereocenters. The molecule has 1 amide bonds. The van der Waals surface area contributed by atoms with Crippen molar-refractivity contribution < 1.29 is 19.2 Å². The summed E-state index contributed by atoms with van der Waals surface area (Å²) in [5, 5.41) is 20.4. The van der Waals surface area contributed by atoms with E-state index in [0.29, 0.717) is 5.56 Å². The van der Waals surface area contributed by atoms with Gasteiger partial charge in [-0.15, -0.1) is 0 Å². The van der Waals surface area contributed by atoms with E-state index in [0.717, 1.165) is 11.8 Å². The zero-order chi connectivity index (χ0) is 21.4. The van der Waals surface area contributed by atoms with Crippen LogP contribution in [-0.2, 0) is 4.79 Å². The van der Waals surface area contributed by atoms with Gasteiger partial charge in [-0.2, -0.15) is 10.2 Å². The van der Waals surface area contributed by atoms with E-state index in [1.165, 1.54) is 25.5 Å². The molecule has 0 spiro atoms. The Bertz CT molecular complexity index is 1050. The standard InChI is InChI=1S/C15H16N6O7S/c1-3-28-10-5-8(4-9(21(25)26)12(10)27-2)6-16-18-11(22)7-29-14-13(23)17-15(24)20-19-14/h4-6H,3,7H2,1-2H3,(H,18,22)(H2,17,20,23,24)/b16-6+. The number of carbonyl (C=O) groups excluding carboxylic acids is 1. The van der Waals surface area contributed by atoms with E-state index in [1.807, 2.05) is 10.1 Å². The van der Waals surface area contributed by atoms with Crippen LogP contribution in [0.1, 0.15) is 12.5 Å². The van der Waals surface area contributed by atoms with Crippen LogP contribution in [0.2, 0.25) is 0 Å². The van der Waals surface area contributed by atoms with E-state index in [4.69, 9.17) is 9.47 Å². The number of thioether (sulfide) groups is 1. The molecule has 0 saturated carbocycles. The summed E-state index contributed by atoms with van der Waals surface area (Å²) in [6.45, 7) is 1.98. The zero-order valence-electron chi connectivity index (χ0n) is 15.3. The molecule has 1 heterocycles. The molecule has 1 aromatic carbocycles. The van der Waals surface area contributed by atoms with Crippen LogP contribution in [-0.4, -0.2) is 51.7 Å². The monoisotopic (exact) mass is 424 g/mol. The molecule has 13 nitrogen and oxygen atoms in total. The molecule has 29 heavy (non-hydrogen) atoms. The smallest absolute Gasteiger partial charge is 0.342 e. The molecule has 0 fully saturated rings. The number of hydrogen-bond acceptors (Lipinski definition) is 10. The molecule has 2 rings (SSSR count). The van der Waals surface area contributed by atoms with E-state index in [1.54, 1.807) is 6.92 Å². The molecule has 0 aliphatic rings. The Morgan fingerprint density at radius 2 is 2.21 bits per heavy atom. The van der Waals surface area contributed by atoms with Gasteiger partial charge < -0.3 is 9.47 Å². The number of nitrogens with zero attached hydrogens (tertiary/aromatic N) is 3. The molecular formula is C15H16N6O7S. The second-order valence-corrected chi connectivity index (χ2v) is 6.12. The Morgan fingerprint density at radius 1 is 1.45 bits per heavy atom. The first-order valence-corrected chi connectivity index (χ1v) is 8.97. The first-order valence-electron chi connectivity index (χ1n) is 7.98. The van der Waals surface area contributed by atoms with Gasteiger partial charge in [-0.05, 0) is 13.0 Å². The van der Waals surface area contributed by atoms with E-state index in [2.05, 4.69) is 15.6 Å². The number of nitro benzene ring substituents is 1. The summed E-state index contributed by atoms with van der Waals surface area (Å²) in [5.41, 5.74) is 0.726. The predicted octanol–water partition coefficient (Wildman–Crippen LogP) is 0.0161. The van der Waals surface area contributed by atoms with Crippen molar-refractivity contribution in [3.8, 4) is 11.5 Å². The first kappa shape index (κ1) is 21.6. The first-order chi connectivity index (χ1) is 13.8. The number of aromatic nitrogens is 3. The van der Waals surface area contributed by atoms with E-state index >= 15 is 0 Å². The predicted molar refractivity (Wildman–Crippen MR) is 103 cm³/mol. The number of carbonyl (C=O) groups is 1. The van der Waals surface area contributed by atoms with Gasteiger partial charge in [0.1, 0.15) is 0 Å². The van der Waals surface area contributed by atoms with Crippen LogP contribution < -0.4 is 26.1 Å². The molecule has 0 aliphatic heterocycles. The molecule has 3 N–H and O–H groups in total. The van der Waals surface area contributed by atoms with Gasteiger partial charge >= 0.3 is 11.4 Å². The van der Waals surface area contributed by atoms with Gasteiger partial charge in [0, 0.05) is 11.6 Å². The maximum Gasteiger partial charge on any atom is 0.342 e. The third-order valence-electron chi connectivity index (χ3n) is 3.18. The lowest BCUT2D eigenvalue weighted by Crippen LogP contribution is -2.26. The minimum Gasteiger partial charge on any atom is -0.490 e. The highest BCUT2D eigenvalue weighted by molar-refractivity contribution is 7.99. The maximum atomic E-state index is 11.8. The van der Waals surface area contributed by atoms with Gasteiger partial charge in [-0.3, -0.25) is 24.7 Å². The van der Waals surface area contributed by atoms with Crippen molar-refractivity contribution in [2.45, 2.75) is 11.9 Å². The fourth-order valence-electron chi connectivity index (χ4n) is 2.07. The Kier molecular flexibility index (Phi) is 7.47. The molecule has 0 unspecified atom stereocenters. The lowest BCUT2D eigenvalue weighted by Gasteiger charge is -2.10. The van der Waals surface area contributed by atoms with E-state index in [9.17, 15) is 24.5 Å². The number of hydrazone groups is 1. The number of methoxy groups -OCH3 is 1. The SMILES string of the molecule is CCOc1cc(/C=N/NC(=O)CSc2n[nH]c(=O)[nH]c2=O)cc([N+](=O)[O-])c1OC. The van der Waals surface area contributed by atoms with Crippen molar-refractivity contribution in [1.29, 1.82) is 0 Å². The average Bonchev–Trinajstić information content (AvgIpc) is 2.67. The van der Waals surface area contributed by atoms with Crippen LogP contribution in [0.3, 0.4) is 0 Å². The van der Waals surface area contributed by atoms with Crippen molar-refractivity contribution in [3.05, 3.63) is 48.6 Å². The summed E-state index contributed by atoms with van der Waals surface area (Å²) in [5.74, 6) is -0.623. The van der Waals surface area contributed by atoms with Crippen molar-refractivity contribution in [2.24, 2.45) is 5.10 Å². The Labute approximate surface area is 166 Å². The van der Waals surface area contributed by atoms with Crippen LogP contribution >= 0.6 is 11.8 Å². The van der Waals surface area contributed by atoms with Gasteiger partial charge in [0.15, 0.2) is 10.8 Å². The summed E-state index contributed by atoms with van der Waals surface area (Å²) >= 11 is 0.794. The summed E-state index contributed by atoms with van der Waals surface area (Å²) in [6, 6.07) is 2.69. The number of amides is 1. The van der Waals surface area contributed by atoms with Crippen LogP contribution in [0.5, 0.6) is 11.5 Å². The quantitative estimate of drug-likeness (QED) is 0.216. The Balaban J connectivity index is 2.06.